The summed E-state index contributed by atoms with van der Waals surface area (Å²) >= 11 is 0. The Morgan fingerprint density at radius 3 is 2.73 bits per heavy atom. The summed E-state index contributed by atoms with van der Waals surface area (Å²) in [6.07, 6.45) is 1.68. The number of rotatable bonds is 8. The first-order chi connectivity index (χ1) is 12.3. The van der Waals surface area contributed by atoms with Gasteiger partial charge in [-0.3, -0.25) is 4.79 Å². The summed E-state index contributed by atoms with van der Waals surface area (Å²) in [5, 5.41) is 0. The van der Waals surface area contributed by atoms with E-state index in [1.807, 2.05) is 46.8 Å². The fourth-order valence-corrected chi connectivity index (χ4v) is 3.25. The van der Waals surface area contributed by atoms with Crippen molar-refractivity contribution in [1.29, 1.82) is 0 Å². The van der Waals surface area contributed by atoms with Gasteiger partial charge in [0, 0.05) is 5.92 Å². The van der Waals surface area contributed by atoms with E-state index in [-0.39, 0.29) is 23.8 Å². The molecule has 0 spiro atoms. The van der Waals surface area contributed by atoms with Crippen LogP contribution in [0.2, 0.25) is 0 Å². The fraction of sp³-hybridized carbons (Fsp3) is 0.619. The van der Waals surface area contributed by atoms with Crippen LogP contribution in [0.15, 0.2) is 18.2 Å². The van der Waals surface area contributed by atoms with E-state index in [2.05, 4.69) is 6.07 Å². The number of hydrogen-bond acceptors (Lipinski definition) is 4. The van der Waals surface area contributed by atoms with E-state index in [0.29, 0.717) is 26.1 Å². The van der Waals surface area contributed by atoms with E-state index >= 15 is 0 Å². The van der Waals surface area contributed by atoms with Gasteiger partial charge in [-0.25, -0.2) is 9.69 Å². The Labute approximate surface area is 156 Å². The highest BCUT2D eigenvalue weighted by Crippen LogP contribution is 2.25. The van der Waals surface area contributed by atoms with Crippen molar-refractivity contribution >= 4 is 12.0 Å². The van der Waals surface area contributed by atoms with Crippen molar-refractivity contribution in [3.8, 4) is 5.75 Å². The number of imide groups is 1. The lowest BCUT2D eigenvalue weighted by Gasteiger charge is -2.26. The van der Waals surface area contributed by atoms with Gasteiger partial charge in [0.2, 0.25) is 5.91 Å². The minimum Gasteiger partial charge on any atom is -0.493 e. The Morgan fingerprint density at radius 1 is 1.35 bits per heavy atom. The van der Waals surface area contributed by atoms with E-state index in [1.165, 1.54) is 10.5 Å². The molecule has 0 radical (unpaired) electrons. The molecule has 1 aliphatic rings. The minimum atomic E-state index is -0.501. The summed E-state index contributed by atoms with van der Waals surface area (Å²) in [6.45, 7) is 10.9. The maximum Gasteiger partial charge on any atom is 0.416 e. The van der Waals surface area contributed by atoms with E-state index in [0.717, 1.165) is 17.7 Å². The van der Waals surface area contributed by atoms with Crippen LogP contribution in [0.1, 0.15) is 51.2 Å². The normalized spacial score (nSPS) is 18.2. The van der Waals surface area contributed by atoms with Crippen molar-refractivity contribution < 1.29 is 19.1 Å². The maximum atomic E-state index is 12.8. The molecule has 2 rings (SSSR count). The third-order valence-corrected chi connectivity index (χ3v) is 5.05. The lowest BCUT2D eigenvalue weighted by atomic mass is 9.96. The van der Waals surface area contributed by atoms with Gasteiger partial charge >= 0.3 is 6.09 Å². The SMILES string of the molecule is CC[C@@H](CCCOc1cc(C)ccc1C)C(=O)N1C(=O)OC[C@@H]1C(C)C. The highest BCUT2D eigenvalue weighted by molar-refractivity contribution is 5.94. The van der Waals surface area contributed by atoms with Gasteiger partial charge in [-0.2, -0.15) is 0 Å². The number of carbonyl (C=O) groups is 2. The van der Waals surface area contributed by atoms with Crippen LogP contribution in [0.25, 0.3) is 0 Å². The molecule has 5 heteroatoms. The molecular formula is C21H31NO4. The van der Waals surface area contributed by atoms with Crippen LogP contribution < -0.4 is 4.74 Å². The molecule has 1 aromatic rings. The van der Waals surface area contributed by atoms with Crippen molar-refractivity contribution in [1.82, 2.24) is 4.90 Å². The second-order valence-corrected chi connectivity index (χ2v) is 7.46. The van der Waals surface area contributed by atoms with Crippen LogP contribution in [0.5, 0.6) is 5.75 Å². The molecule has 1 saturated heterocycles. The zero-order valence-corrected chi connectivity index (χ0v) is 16.6. The lowest BCUT2D eigenvalue weighted by Crippen LogP contribution is -2.44. The Balaban J connectivity index is 1.89. The van der Waals surface area contributed by atoms with Crippen LogP contribution >= 0.6 is 0 Å². The highest BCUT2D eigenvalue weighted by Gasteiger charge is 2.41. The molecule has 1 fully saturated rings. The molecule has 0 saturated carbocycles. The van der Waals surface area contributed by atoms with Gasteiger partial charge < -0.3 is 9.47 Å². The fourth-order valence-electron chi connectivity index (χ4n) is 3.25. The van der Waals surface area contributed by atoms with Crippen molar-refractivity contribution in [3.63, 3.8) is 0 Å². The van der Waals surface area contributed by atoms with Gasteiger partial charge in [0.1, 0.15) is 12.4 Å². The number of aryl methyl sites for hydroxylation is 2. The molecule has 26 heavy (non-hydrogen) atoms. The summed E-state index contributed by atoms with van der Waals surface area (Å²) in [5.41, 5.74) is 2.28. The smallest absolute Gasteiger partial charge is 0.416 e. The molecule has 0 unspecified atom stereocenters. The van der Waals surface area contributed by atoms with Gasteiger partial charge in [0.25, 0.3) is 0 Å². The first-order valence-electron chi connectivity index (χ1n) is 9.55. The van der Waals surface area contributed by atoms with Crippen molar-refractivity contribution in [2.24, 2.45) is 11.8 Å². The standard InChI is InChI=1S/C21H31NO4/c1-6-17(20(23)22-18(14(2)3)13-26-21(22)24)8-7-11-25-19-12-15(4)9-10-16(19)5/h9-10,12,14,17-18H,6-8,11,13H2,1-5H3/t17-,18+/m0/s1. The van der Waals surface area contributed by atoms with Gasteiger partial charge in [0.05, 0.1) is 12.6 Å². The van der Waals surface area contributed by atoms with Crippen LogP contribution in [0, 0.1) is 25.7 Å². The molecule has 2 amide bonds. The average Bonchev–Trinajstić information content (AvgIpc) is 2.99. The number of hydrogen-bond donors (Lipinski definition) is 0. The molecule has 1 heterocycles. The second-order valence-electron chi connectivity index (χ2n) is 7.46. The Morgan fingerprint density at radius 2 is 2.08 bits per heavy atom. The van der Waals surface area contributed by atoms with Crippen molar-refractivity contribution in [3.05, 3.63) is 29.3 Å². The van der Waals surface area contributed by atoms with E-state index in [9.17, 15) is 9.59 Å². The Kier molecular flexibility index (Phi) is 7.06. The predicted molar refractivity (Wildman–Crippen MR) is 101 cm³/mol. The number of ether oxygens (including phenoxy) is 2. The molecule has 1 aromatic carbocycles. The molecular weight excluding hydrogens is 330 g/mol. The number of cyclic esters (lactones) is 1. The molecule has 144 valence electrons. The third kappa shape index (κ3) is 4.77. The topological polar surface area (TPSA) is 55.8 Å². The van der Waals surface area contributed by atoms with E-state index in [1.54, 1.807) is 0 Å². The van der Waals surface area contributed by atoms with Crippen LogP contribution in [-0.2, 0) is 9.53 Å². The zero-order valence-electron chi connectivity index (χ0n) is 16.6. The number of benzene rings is 1. The number of amides is 2. The van der Waals surface area contributed by atoms with Gasteiger partial charge in [-0.15, -0.1) is 0 Å². The van der Waals surface area contributed by atoms with E-state index in [4.69, 9.17) is 9.47 Å². The Bertz CT molecular complexity index is 641. The molecule has 1 aliphatic heterocycles. The lowest BCUT2D eigenvalue weighted by molar-refractivity contribution is -0.134. The van der Waals surface area contributed by atoms with E-state index < -0.39 is 6.09 Å². The van der Waals surface area contributed by atoms with Crippen LogP contribution in [0.3, 0.4) is 0 Å². The quantitative estimate of drug-likeness (QED) is 0.640. The maximum absolute atomic E-state index is 12.8. The molecule has 5 nitrogen and oxygen atoms in total. The molecule has 0 N–H and O–H groups in total. The van der Waals surface area contributed by atoms with Gasteiger partial charge in [-0.05, 0) is 56.2 Å². The first kappa shape index (κ1) is 20.3. The predicted octanol–water partition coefficient (Wildman–Crippen LogP) is 4.49. The number of carbonyl (C=O) groups excluding carboxylic acids is 2. The van der Waals surface area contributed by atoms with Crippen molar-refractivity contribution in [2.45, 2.75) is 59.9 Å². The largest absolute Gasteiger partial charge is 0.493 e. The summed E-state index contributed by atoms with van der Waals surface area (Å²) in [7, 11) is 0. The zero-order chi connectivity index (χ0) is 19.3. The highest BCUT2D eigenvalue weighted by atomic mass is 16.6. The summed E-state index contributed by atoms with van der Waals surface area (Å²) < 4.78 is 11.0. The molecule has 2 atom stereocenters. The third-order valence-electron chi connectivity index (χ3n) is 5.05. The monoisotopic (exact) mass is 361 g/mol. The van der Waals surface area contributed by atoms with Gasteiger partial charge in [-0.1, -0.05) is 32.9 Å². The first-order valence-corrected chi connectivity index (χ1v) is 9.55. The average molecular weight is 361 g/mol. The molecule has 0 aromatic heterocycles. The van der Waals surface area contributed by atoms with Crippen molar-refractivity contribution in [2.75, 3.05) is 13.2 Å². The molecule has 0 aliphatic carbocycles. The summed E-state index contributed by atoms with van der Waals surface area (Å²) in [6, 6.07) is 5.99. The van der Waals surface area contributed by atoms with Crippen LogP contribution in [0.4, 0.5) is 4.79 Å². The van der Waals surface area contributed by atoms with Crippen LogP contribution in [-0.4, -0.2) is 36.2 Å². The summed E-state index contributed by atoms with van der Waals surface area (Å²) in [4.78, 5) is 26.2. The van der Waals surface area contributed by atoms with Gasteiger partial charge in [0.15, 0.2) is 0 Å². The Hall–Kier alpha value is -2.04. The summed E-state index contributed by atoms with van der Waals surface area (Å²) in [5.74, 6) is 0.799. The second kappa shape index (κ2) is 9.06. The molecule has 0 bridgehead atoms. The minimum absolute atomic E-state index is 0.111. The number of nitrogens with zero attached hydrogens (tertiary/aromatic N) is 1.